The highest BCUT2D eigenvalue weighted by Crippen LogP contribution is 2.33. The molecule has 1 atom stereocenters. The smallest absolute Gasteiger partial charge is 0.223 e. The maximum Gasteiger partial charge on any atom is 0.223 e. The fourth-order valence-electron chi connectivity index (χ4n) is 4.54. The molecule has 0 unspecified atom stereocenters. The molecule has 2 aromatic rings. The van der Waals surface area contributed by atoms with Gasteiger partial charge in [-0.25, -0.2) is 0 Å². The summed E-state index contributed by atoms with van der Waals surface area (Å²) in [4.78, 5) is 14.5. The molecule has 0 radical (unpaired) electrons. The van der Waals surface area contributed by atoms with Crippen LogP contribution in [0.15, 0.2) is 48.5 Å². The maximum atomic E-state index is 12.0. The Kier molecular flexibility index (Phi) is 5.89. The van der Waals surface area contributed by atoms with Crippen molar-refractivity contribution in [3.8, 4) is 5.75 Å². The monoisotopic (exact) mass is 418 g/mol. The second kappa shape index (κ2) is 8.94. The number of nitrogens with zero attached hydrogens (tertiary/aromatic N) is 1. The van der Waals surface area contributed by atoms with Crippen molar-refractivity contribution in [1.82, 2.24) is 5.32 Å². The number of benzene rings is 2. The lowest BCUT2D eigenvalue weighted by Gasteiger charge is -2.34. The second-order valence-electron chi connectivity index (χ2n) is 9.68. The Morgan fingerprint density at radius 2 is 1.65 bits per heavy atom. The average molecular weight is 419 g/mol. The number of hydrogen-bond acceptors (Lipinski definition) is 3. The van der Waals surface area contributed by atoms with Crippen LogP contribution in [-0.4, -0.2) is 25.6 Å². The van der Waals surface area contributed by atoms with Gasteiger partial charge in [0.05, 0.1) is 12.6 Å². The summed E-state index contributed by atoms with van der Waals surface area (Å²) in [6.07, 6.45) is 7.11. The van der Waals surface area contributed by atoms with Crippen LogP contribution >= 0.6 is 0 Å². The molecule has 4 heteroatoms. The zero-order chi connectivity index (χ0) is 21.2. The van der Waals surface area contributed by atoms with Gasteiger partial charge in [-0.1, -0.05) is 24.3 Å². The summed E-state index contributed by atoms with van der Waals surface area (Å²) >= 11 is 0. The van der Waals surface area contributed by atoms with Crippen molar-refractivity contribution in [1.29, 1.82) is 0 Å². The molecule has 164 valence electrons. The van der Waals surface area contributed by atoms with Crippen molar-refractivity contribution in [3.63, 3.8) is 0 Å². The summed E-state index contributed by atoms with van der Waals surface area (Å²) in [5, 5.41) is 3.14. The topological polar surface area (TPSA) is 41.6 Å². The van der Waals surface area contributed by atoms with Gasteiger partial charge in [0.2, 0.25) is 5.91 Å². The van der Waals surface area contributed by atoms with E-state index in [9.17, 15) is 4.79 Å². The number of carbonyl (C=O) groups is 1. The van der Waals surface area contributed by atoms with Gasteiger partial charge in [0.25, 0.3) is 0 Å². The molecule has 4 nitrogen and oxygen atoms in total. The molecule has 3 aliphatic rings. The zero-order valence-electron chi connectivity index (χ0n) is 18.6. The van der Waals surface area contributed by atoms with Crippen LogP contribution in [0.1, 0.15) is 68.5 Å². The highest BCUT2D eigenvalue weighted by Gasteiger charge is 2.30. The van der Waals surface area contributed by atoms with Gasteiger partial charge in [-0.2, -0.15) is 0 Å². The van der Waals surface area contributed by atoms with E-state index in [0.717, 1.165) is 44.2 Å². The van der Waals surface area contributed by atoms with Crippen LogP contribution in [0.25, 0.3) is 0 Å². The first kappa shape index (κ1) is 20.4. The number of carbonyl (C=O) groups excluding carboxylic acids is 1. The number of ether oxygens (including phenoxy) is 1. The molecular formula is C27H34N2O2. The van der Waals surface area contributed by atoms with E-state index in [-0.39, 0.29) is 17.9 Å². The summed E-state index contributed by atoms with van der Waals surface area (Å²) in [5.41, 5.74) is 3.90. The van der Waals surface area contributed by atoms with Crippen molar-refractivity contribution >= 4 is 11.6 Å². The average Bonchev–Trinajstić information content (AvgIpc) is 3.72. The Hall–Kier alpha value is -2.49. The molecule has 5 rings (SSSR count). The quantitative estimate of drug-likeness (QED) is 0.620. The molecule has 1 heterocycles. The maximum absolute atomic E-state index is 12.0. The first-order valence-corrected chi connectivity index (χ1v) is 12.0. The molecule has 1 aliphatic heterocycles. The molecule has 1 saturated heterocycles. The second-order valence-corrected chi connectivity index (χ2v) is 9.68. The molecule has 0 aromatic heterocycles. The van der Waals surface area contributed by atoms with Gasteiger partial charge in [-0.15, -0.1) is 0 Å². The number of hydrogen-bond donors (Lipinski definition) is 1. The van der Waals surface area contributed by atoms with Gasteiger partial charge in [0, 0.05) is 24.7 Å². The third-order valence-corrected chi connectivity index (χ3v) is 7.09. The standard InChI is InChI=1S/C27H34N2O2/c1-19(28-27(30)24-4-5-24)21-6-10-25(11-7-21)29-16-14-23(15-17-29)22-8-12-26(13-9-22)31-18-20-2-3-20/h6-13,19-20,23-24H,2-5,14-18H2,1H3,(H,28,30)/t19-/m0/s1. The third-order valence-electron chi connectivity index (χ3n) is 7.09. The van der Waals surface area contributed by atoms with Crippen molar-refractivity contribution in [2.75, 3.05) is 24.6 Å². The van der Waals surface area contributed by atoms with Crippen molar-refractivity contribution in [2.45, 2.75) is 57.4 Å². The van der Waals surface area contributed by atoms with Crippen molar-refractivity contribution < 1.29 is 9.53 Å². The van der Waals surface area contributed by atoms with Gasteiger partial charge in [-0.3, -0.25) is 4.79 Å². The van der Waals surface area contributed by atoms with Crippen molar-refractivity contribution in [3.05, 3.63) is 59.7 Å². The Bertz CT molecular complexity index is 876. The molecule has 3 fully saturated rings. The van der Waals surface area contributed by atoms with E-state index < -0.39 is 0 Å². The van der Waals surface area contributed by atoms with Crippen LogP contribution in [0.5, 0.6) is 5.75 Å². The normalized spacial score (nSPS) is 20.4. The molecule has 1 amide bonds. The molecule has 31 heavy (non-hydrogen) atoms. The summed E-state index contributed by atoms with van der Waals surface area (Å²) in [5.74, 6) is 2.90. The lowest BCUT2D eigenvalue weighted by molar-refractivity contribution is -0.122. The molecule has 2 aromatic carbocycles. The van der Waals surface area contributed by atoms with Crippen LogP contribution in [0.2, 0.25) is 0 Å². The van der Waals surface area contributed by atoms with Crippen LogP contribution in [-0.2, 0) is 4.79 Å². The fourth-order valence-corrected chi connectivity index (χ4v) is 4.54. The molecule has 2 aliphatic carbocycles. The number of amides is 1. The van der Waals surface area contributed by atoms with E-state index in [2.05, 4.69) is 65.7 Å². The van der Waals surface area contributed by atoms with Gasteiger partial charge in [0.1, 0.15) is 5.75 Å². The van der Waals surface area contributed by atoms with E-state index in [1.807, 2.05) is 0 Å². The lowest BCUT2D eigenvalue weighted by Crippen LogP contribution is -2.33. The van der Waals surface area contributed by atoms with E-state index in [1.165, 1.54) is 42.5 Å². The number of rotatable bonds is 8. The van der Waals surface area contributed by atoms with Crippen LogP contribution < -0.4 is 15.0 Å². The number of piperidine rings is 1. The molecule has 2 saturated carbocycles. The van der Waals surface area contributed by atoms with Gasteiger partial charge >= 0.3 is 0 Å². The van der Waals surface area contributed by atoms with Crippen molar-refractivity contribution in [2.24, 2.45) is 11.8 Å². The Morgan fingerprint density at radius 3 is 2.26 bits per heavy atom. The SMILES string of the molecule is C[C@H](NC(=O)C1CC1)c1ccc(N2CCC(c3ccc(OCC4CC4)cc3)CC2)cc1. The van der Waals surface area contributed by atoms with E-state index >= 15 is 0 Å². The van der Waals surface area contributed by atoms with E-state index in [1.54, 1.807) is 0 Å². The zero-order valence-corrected chi connectivity index (χ0v) is 18.6. The highest BCUT2D eigenvalue weighted by molar-refractivity contribution is 5.81. The minimum atomic E-state index is 0.0733. The van der Waals surface area contributed by atoms with E-state index in [0.29, 0.717) is 5.92 Å². The Morgan fingerprint density at radius 1 is 0.968 bits per heavy atom. The third kappa shape index (κ3) is 5.23. The summed E-state index contributed by atoms with van der Waals surface area (Å²) in [6, 6.07) is 17.6. The van der Waals surface area contributed by atoms with Gasteiger partial charge < -0.3 is 15.0 Å². The van der Waals surface area contributed by atoms with Gasteiger partial charge in [0.15, 0.2) is 0 Å². The van der Waals surface area contributed by atoms with Crippen LogP contribution in [0.3, 0.4) is 0 Å². The highest BCUT2D eigenvalue weighted by atomic mass is 16.5. The Labute approximate surface area is 186 Å². The predicted octanol–water partition coefficient (Wildman–Crippen LogP) is 5.45. The lowest BCUT2D eigenvalue weighted by atomic mass is 9.89. The first-order chi connectivity index (χ1) is 15.2. The largest absolute Gasteiger partial charge is 0.493 e. The van der Waals surface area contributed by atoms with E-state index in [4.69, 9.17) is 4.74 Å². The summed E-state index contributed by atoms with van der Waals surface area (Å²) in [6.45, 7) is 5.11. The first-order valence-electron chi connectivity index (χ1n) is 12.0. The fraction of sp³-hybridized carbons (Fsp3) is 0.519. The molecule has 1 N–H and O–H groups in total. The summed E-state index contributed by atoms with van der Waals surface area (Å²) < 4.78 is 5.88. The summed E-state index contributed by atoms with van der Waals surface area (Å²) in [7, 11) is 0. The molecule has 0 spiro atoms. The van der Waals surface area contributed by atoms with Crippen LogP contribution in [0.4, 0.5) is 5.69 Å². The molecule has 0 bridgehead atoms. The number of anilines is 1. The predicted molar refractivity (Wildman–Crippen MR) is 125 cm³/mol. The van der Waals surface area contributed by atoms with Gasteiger partial charge in [-0.05, 0) is 92.7 Å². The minimum absolute atomic E-state index is 0.0733. The Balaban J connectivity index is 1.11. The number of nitrogens with one attached hydrogen (secondary N) is 1. The van der Waals surface area contributed by atoms with Crippen LogP contribution in [0, 0.1) is 11.8 Å². The molecular weight excluding hydrogens is 384 g/mol. The minimum Gasteiger partial charge on any atom is -0.493 e.